The molecule has 1 aromatic rings. The summed E-state index contributed by atoms with van der Waals surface area (Å²) in [6.45, 7) is 0. The van der Waals surface area contributed by atoms with Crippen molar-refractivity contribution < 1.29 is 45.8 Å². The highest BCUT2D eigenvalue weighted by atomic mass is 19.4. The number of carboxylic acids is 1. The molecule has 2 heterocycles. The molecular weight excluding hydrogens is 384 g/mol. The topological polar surface area (TPSA) is 75.6 Å². The SMILES string of the molecule is O=C(O)C1C2C=CC(O2)C1C(=O)Nc1cc(C(F)(F)F)cc(C(F)(F)F)c1. The standard InChI is InChI=1S/C16H11F6NO4/c17-15(18,19)6-3-7(16(20,21)22)5-8(4-6)23-13(24)11-9-1-2-10(27-9)12(11)14(25)26/h1-5,9-12H,(H,23,24)(H,25,26). The molecule has 0 spiro atoms. The molecule has 11 heteroatoms. The van der Waals surface area contributed by atoms with Gasteiger partial charge in [0.15, 0.2) is 0 Å². The quantitative estimate of drug-likeness (QED) is 0.608. The molecule has 0 radical (unpaired) electrons. The molecule has 4 unspecified atom stereocenters. The van der Waals surface area contributed by atoms with E-state index >= 15 is 0 Å². The van der Waals surface area contributed by atoms with E-state index in [0.717, 1.165) is 0 Å². The summed E-state index contributed by atoms with van der Waals surface area (Å²) in [5.74, 6) is -4.95. The van der Waals surface area contributed by atoms with E-state index in [9.17, 15) is 41.0 Å². The Kier molecular flexibility index (Phi) is 4.45. The molecule has 1 amide bonds. The lowest BCUT2D eigenvalue weighted by Crippen LogP contribution is -2.39. The van der Waals surface area contributed by atoms with Gasteiger partial charge in [0, 0.05) is 5.69 Å². The van der Waals surface area contributed by atoms with Crippen LogP contribution < -0.4 is 5.32 Å². The van der Waals surface area contributed by atoms with E-state index in [-0.39, 0.29) is 6.07 Å². The first kappa shape index (κ1) is 19.2. The minimum Gasteiger partial charge on any atom is -0.481 e. The highest BCUT2D eigenvalue weighted by molar-refractivity contribution is 5.96. The summed E-state index contributed by atoms with van der Waals surface area (Å²) in [6, 6.07) is 0.638. The molecule has 4 atom stereocenters. The van der Waals surface area contributed by atoms with E-state index in [1.54, 1.807) is 0 Å². The van der Waals surface area contributed by atoms with Gasteiger partial charge in [-0.15, -0.1) is 0 Å². The van der Waals surface area contributed by atoms with Crippen LogP contribution in [0.3, 0.4) is 0 Å². The Morgan fingerprint density at radius 3 is 1.81 bits per heavy atom. The number of anilines is 1. The van der Waals surface area contributed by atoms with Crippen molar-refractivity contribution in [3.05, 3.63) is 41.5 Å². The van der Waals surface area contributed by atoms with Crippen LogP contribution in [0.15, 0.2) is 30.4 Å². The number of halogens is 6. The van der Waals surface area contributed by atoms with E-state index in [1.165, 1.54) is 12.2 Å². The van der Waals surface area contributed by atoms with E-state index in [0.29, 0.717) is 12.1 Å². The second kappa shape index (κ2) is 6.25. The number of rotatable bonds is 3. The number of ether oxygens (including phenoxy) is 1. The lowest BCUT2D eigenvalue weighted by Gasteiger charge is -2.21. The van der Waals surface area contributed by atoms with E-state index < -0.39 is 65.1 Å². The molecule has 27 heavy (non-hydrogen) atoms. The molecule has 2 N–H and O–H groups in total. The highest BCUT2D eigenvalue weighted by Crippen LogP contribution is 2.41. The summed E-state index contributed by atoms with van der Waals surface area (Å²) in [6.07, 6.45) is -9.05. The molecule has 0 aliphatic carbocycles. The van der Waals surface area contributed by atoms with Crippen molar-refractivity contribution in [2.24, 2.45) is 11.8 Å². The first-order chi connectivity index (χ1) is 12.4. The van der Waals surface area contributed by atoms with Crippen LogP contribution in [-0.4, -0.2) is 29.2 Å². The summed E-state index contributed by atoms with van der Waals surface area (Å²) < 4.78 is 82.5. The Labute approximate surface area is 147 Å². The Hall–Kier alpha value is -2.56. The summed E-state index contributed by atoms with van der Waals surface area (Å²) in [4.78, 5) is 23.7. The number of amides is 1. The monoisotopic (exact) mass is 395 g/mol. The lowest BCUT2D eigenvalue weighted by molar-refractivity contribution is -0.146. The number of fused-ring (bicyclic) bond motifs is 2. The number of carbonyl (C=O) groups is 2. The maximum Gasteiger partial charge on any atom is 0.416 e. The number of benzene rings is 1. The number of carboxylic acid groups (broad SMARTS) is 1. The molecule has 2 aliphatic heterocycles. The van der Waals surface area contributed by atoms with Crippen molar-refractivity contribution in [1.82, 2.24) is 0 Å². The van der Waals surface area contributed by atoms with Gasteiger partial charge in [-0.1, -0.05) is 12.2 Å². The van der Waals surface area contributed by atoms with Crippen molar-refractivity contribution in [3.8, 4) is 0 Å². The van der Waals surface area contributed by atoms with Gasteiger partial charge >= 0.3 is 18.3 Å². The van der Waals surface area contributed by atoms with Gasteiger partial charge < -0.3 is 15.2 Å². The zero-order chi connectivity index (χ0) is 20.1. The molecule has 5 nitrogen and oxygen atoms in total. The normalized spacial score (nSPS) is 27.0. The second-order valence-corrected chi connectivity index (χ2v) is 6.12. The number of carbonyl (C=O) groups excluding carboxylic acids is 1. The van der Waals surface area contributed by atoms with E-state index in [1.807, 2.05) is 5.32 Å². The van der Waals surface area contributed by atoms with Crippen LogP contribution >= 0.6 is 0 Å². The Balaban J connectivity index is 1.92. The van der Waals surface area contributed by atoms with E-state index in [4.69, 9.17) is 4.74 Å². The Bertz CT molecular complexity index is 784. The second-order valence-electron chi connectivity index (χ2n) is 6.12. The highest BCUT2D eigenvalue weighted by Gasteiger charge is 2.53. The molecule has 146 valence electrons. The third kappa shape index (κ3) is 3.64. The zero-order valence-electron chi connectivity index (χ0n) is 13.1. The van der Waals surface area contributed by atoms with Crippen molar-refractivity contribution in [2.75, 3.05) is 5.32 Å². The van der Waals surface area contributed by atoms with Gasteiger partial charge in [0.2, 0.25) is 5.91 Å². The van der Waals surface area contributed by atoms with Crippen molar-refractivity contribution in [2.45, 2.75) is 24.6 Å². The van der Waals surface area contributed by atoms with Crippen LogP contribution in [0.2, 0.25) is 0 Å². The average molecular weight is 395 g/mol. The number of aliphatic carboxylic acids is 1. The fraction of sp³-hybridized carbons (Fsp3) is 0.375. The van der Waals surface area contributed by atoms with Crippen molar-refractivity contribution >= 4 is 17.6 Å². The molecule has 1 fully saturated rings. The van der Waals surface area contributed by atoms with Gasteiger partial charge in [0.1, 0.15) is 5.92 Å². The van der Waals surface area contributed by atoms with Crippen LogP contribution in [0, 0.1) is 11.8 Å². The smallest absolute Gasteiger partial charge is 0.416 e. The van der Waals surface area contributed by atoms with Gasteiger partial charge in [-0.05, 0) is 18.2 Å². The van der Waals surface area contributed by atoms with Gasteiger partial charge in [-0.25, -0.2) is 0 Å². The molecule has 1 aromatic carbocycles. The van der Waals surface area contributed by atoms with Crippen LogP contribution in [-0.2, 0) is 26.7 Å². The van der Waals surface area contributed by atoms with Crippen LogP contribution in [0.4, 0.5) is 32.0 Å². The summed E-state index contributed by atoms with van der Waals surface area (Å²) in [5.41, 5.74) is -3.92. The third-order valence-corrected chi connectivity index (χ3v) is 4.34. The number of alkyl halides is 6. The van der Waals surface area contributed by atoms with Gasteiger partial charge in [-0.3, -0.25) is 9.59 Å². The third-order valence-electron chi connectivity index (χ3n) is 4.34. The van der Waals surface area contributed by atoms with E-state index in [2.05, 4.69) is 0 Å². The van der Waals surface area contributed by atoms with Crippen LogP contribution in [0.5, 0.6) is 0 Å². The zero-order valence-corrected chi connectivity index (χ0v) is 13.1. The molecule has 2 aliphatic rings. The Morgan fingerprint density at radius 1 is 0.889 bits per heavy atom. The molecule has 2 bridgehead atoms. The first-order valence-corrected chi connectivity index (χ1v) is 7.55. The molecular formula is C16H11F6NO4. The number of hydrogen-bond acceptors (Lipinski definition) is 3. The largest absolute Gasteiger partial charge is 0.481 e. The van der Waals surface area contributed by atoms with Crippen molar-refractivity contribution in [1.29, 1.82) is 0 Å². The fourth-order valence-electron chi connectivity index (χ4n) is 3.17. The number of hydrogen-bond donors (Lipinski definition) is 2. The molecule has 3 rings (SSSR count). The number of nitrogens with one attached hydrogen (secondary N) is 1. The first-order valence-electron chi connectivity index (χ1n) is 7.55. The Morgan fingerprint density at radius 2 is 1.37 bits per heavy atom. The fourth-order valence-corrected chi connectivity index (χ4v) is 3.17. The minimum atomic E-state index is -5.07. The lowest BCUT2D eigenvalue weighted by atomic mass is 9.82. The molecule has 1 saturated heterocycles. The predicted molar refractivity (Wildman–Crippen MR) is 77.5 cm³/mol. The van der Waals surface area contributed by atoms with Crippen molar-refractivity contribution in [3.63, 3.8) is 0 Å². The maximum atomic E-state index is 12.9. The summed E-state index contributed by atoms with van der Waals surface area (Å²) >= 11 is 0. The minimum absolute atomic E-state index is 0.0703. The van der Waals surface area contributed by atoms with Crippen LogP contribution in [0.1, 0.15) is 11.1 Å². The summed E-state index contributed by atoms with van der Waals surface area (Å²) in [5, 5.41) is 11.2. The van der Waals surface area contributed by atoms with Gasteiger partial charge in [0.25, 0.3) is 0 Å². The van der Waals surface area contributed by atoms with Gasteiger partial charge in [0.05, 0.1) is 29.3 Å². The molecule has 0 saturated carbocycles. The molecule has 0 aromatic heterocycles. The maximum absolute atomic E-state index is 12.9. The summed E-state index contributed by atoms with van der Waals surface area (Å²) in [7, 11) is 0. The van der Waals surface area contributed by atoms with Gasteiger partial charge in [-0.2, -0.15) is 26.3 Å². The predicted octanol–water partition coefficient (Wildman–Crippen LogP) is 3.32. The van der Waals surface area contributed by atoms with Crippen LogP contribution in [0.25, 0.3) is 0 Å². The average Bonchev–Trinajstić information content (AvgIpc) is 3.13.